The van der Waals surface area contributed by atoms with Crippen LogP contribution in [0.5, 0.6) is 0 Å². The third-order valence-electron chi connectivity index (χ3n) is 3.59. The lowest BCUT2D eigenvalue weighted by Gasteiger charge is -2.20. The average Bonchev–Trinajstić information content (AvgIpc) is 2.42. The van der Waals surface area contributed by atoms with Gasteiger partial charge in [0.15, 0.2) is 0 Å². The summed E-state index contributed by atoms with van der Waals surface area (Å²) in [6.07, 6.45) is 8.75. The fourth-order valence-corrected chi connectivity index (χ4v) is 2.43. The molecular formula is C14H26N2O2. The van der Waals surface area contributed by atoms with Gasteiger partial charge in [-0.15, -0.1) is 0 Å². The van der Waals surface area contributed by atoms with Gasteiger partial charge in [0, 0.05) is 25.9 Å². The summed E-state index contributed by atoms with van der Waals surface area (Å²) in [7, 11) is 0. The van der Waals surface area contributed by atoms with E-state index in [0.717, 1.165) is 12.3 Å². The van der Waals surface area contributed by atoms with E-state index in [9.17, 15) is 9.59 Å². The van der Waals surface area contributed by atoms with Gasteiger partial charge in [-0.05, 0) is 12.3 Å². The SMILES string of the molecule is CCC(=O)NCCNC(=O)CCC1CCCCC1. The van der Waals surface area contributed by atoms with E-state index in [2.05, 4.69) is 10.6 Å². The summed E-state index contributed by atoms with van der Waals surface area (Å²) >= 11 is 0. The molecule has 1 rings (SSSR count). The molecule has 1 fully saturated rings. The Bertz CT molecular complexity index is 261. The highest BCUT2D eigenvalue weighted by Crippen LogP contribution is 2.26. The van der Waals surface area contributed by atoms with Crippen LogP contribution in [0.4, 0.5) is 0 Å². The van der Waals surface area contributed by atoms with Crippen LogP contribution in [0.3, 0.4) is 0 Å². The van der Waals surface area contributed by atoms with Crippen molar-refractivity contribution >= 4 is 11.8 Å². The van der Waals surface area contributed by atoms with Gasteiger partial charge in [-0.25, -0.2) is 0 Å². The number of hydrogen-bond acceptors (Lipinski definition) is 2. The van der Waals surface area contributed by atoms with Gasteiger partial charge in [-0.2, -0.15) is 0 Å². The fraction of sp³-hybridized carbons (Fsp3) is 0.857. The summed E-state index contributed by atoms with van der Waals surface area (Å²) < 4.78 is 0. The van der Waals surface area contributed by atoms with Crippen LogP contribution >= 0.6 is 0 Å². The molecule has 0 spiro atoms. The summed E-state index contributed by atoms with van der Waals surface area (Å²) in [5, 5.41) is 5.59. The largest absolute Gasteiger partial charge is 0.354 e. The third kappa shape index (κ3) is 6.62. The van der Waals surface area contributed by atoms with Gasteiger partial charge in [0.2, 0.25) is 11.8 Å². The van der Waals surface area contributed by atoms with Gasteiger partial charge in [-0.3, -0.25) is 9.59 Å². The molecule has 4 heteroatoms. The van der Waals surface area contributed by atoms with Crippen molar-refractivity contribution < 1.29 is 9.59 Å². The monoisotopic (exact) mass is 254 g/mol. The maximum absolute atomic E-state index is 11.6. The van der Waals surface area contributed by atoms with Crippen LogP contribution in [0, 0.1) is 5.92 Å². The Morgan fingerprint density at radius 2 is 1.61 bits per heavy atom. The topological polar surface area (TPSA) is 58.2 Å². The lowest BCUT2D eigenvalue weighted by molar-refractivity contribution is -0.122. The highest BCUT2D eigenvalue weighted by molar-refractivity contribution is 5.76. The zero-order valence-corrected chi connectivity index (χ0v) is 11.5. The molecule has 4 nitrogen and oxygen atoms in total. The number of carbonyl (C=O) groups is 2. The minimum atomic E-state index is 0.0338. The first-order valence-corrected chi connectivity index (χ1v) is 7.25. The number of rotatable bonds is 7. The number of nitrogens with one attached hydrogen (secondary N) is 2. The number of hydrogen-bond donors (Lipinski definition) is 2. The molecule has 0 bridgehead atoms. The zero-order valence-electron chi connectivity index (χ0n) is 11.5. The van der Waals surface area contributed by atoms with E-state index in [-0.39, 0.29) is 11.8 Å². The second kappa shape index (κ2) is 8.95. The van der Waals surface area contributed by atoms with Crippen molar-refractivity contribution in [3.8, 4) is 0 Å². The average molecular weight is 254 g/mol. The van der Waals surface area contributed by atoms with Crippen molar-refractivity contribution in [3.05, 3.63) is 0 Å². The van der Waals surface area contributed by atoms with Gasteiger partial charge in [0.05, 0.1) is 0 Å². The van der Waals surface area contributed by atoms with Crippen LogP contribution in [0.15, 0.2) is 0 Å². The molecule has 0 aliphatic heterocycles. The maximum atomic E-state index is 11.6. The number of carbonyl (C=O) groups excluding carboxylic acids is 2. The van der Waals surface area contributed by atoms with Crippen LogP contribution in [0.25, 0.3) is 0 Å². The van der Waals surface area contributed by atoms with E-state index < -0.39 is 0 Å². The summed E-state index contributed by atoms with van der Waals surface area (Å²) in [5.41, 5.74) is 0. The van der Waals surface area contributed by atoms with Gasteiger partial charge in [0.1, 0.15) is 0 Å². The molecule has 0 heterocycles. The maximum Gasteiger partial charge on any atom is 0.220 e. The van der Waals surface area contributed by atoms with Crippen molar-refractivity contribution in [2.45, 2.75) is 58.3 Å². The molecule has 1 aliphatic carbocycles. The lowest BCUT2D eigenvalue weighted by atomic mass is 9.86. The van der Waals surface area contributed by atoms with Crippen molar-refractivity contribution in [2.75, 3.05) is 13.1 Å². The standard InChI is InChI=1S/C14H26N2O2/c1-2-13(17)15-10-11-16-14(18)9-8-12-6-4-3-5-7-12/h12H,2-11H2,1H3,(H,15,17)(H,16,18). The molecule has 1 aliphatic rings. The second-order valence-electron chi connectivity index (χ2n) is 5.10. The van der Waals surface area contributed by atoms with Crippen molar-refractivity contribution in [3.63, 3.8) is 0 Å². The number of amides is 2. The summed E-state index contributed by atoms with van der Waals surface area (Å²) in [4.78, 5) is 22.5. The van der Waals surface area contributed by atoms with Gasteiger partial charge < -0.3 is 10.6 Å². The summed E-state index contributed by atoms with van der Waals surface area (Å²) in [6.45, 7) is 2.88. The molecule has 2 amide bonds. The van der Waals surface area contributed by atoms with Crippen molar-refractivity contribution in [2.24, 2.45) is 5.92 Å². The molecular weight excluding hydrogens is 228 g/mol. The van der Waals surface area contributed by atoms with E-state index in [0.29, 0.717) is 25.9 Å². The first-order chi connectivity index (χ1) is 8.72. The first-order valence-electron chi connectivity index (χ1n) is 7.25. The normalized spacial score (nSPS) is 16.3. The molecule has 0 aromatic rings. The molecule has 0 atom stereocenters. The quantitative estimate of drug-likeness (QED) is 0.683. The minimum Gasteiger partial charge on any atom is -0.354 e. The predicted octanol–water partition coefficient (Wildman–Crippen LogP) is 1.99. The minimum absolute atomic E-state index is 0.0338. The Kier molecular flexibility index (Phi) is 7.46. The van der Waals surface area contributed by atoms with E-state index in [1.54, 1.807) is 0 Å². The van der Waals surface area contributed by atoms with Crippen LogP contribution in [-0.2, 0) is 9.59 Å². The lowest BCUT2D eigenvalue weighted by Crippen LogP contribution is -2.34. The van der Waals surface area contributed by atoms with Gasteiger partial charge >= 0.3 is 0 Å². The predicted molar refractivity (Wildman–Crippen MR) is 72.1 cm³/mol. The molecule has 0 aromatic carbocycles. The smallest absolute Gasteiger partial charge is 0.220 e. The molecule has 1 saturated carbocycles. The molecule has 0 aromatic heterocycles. The van der Waals surface area contributed by atoms with Crippen LogP contribution in [0.2, 0.25) is 0 Å². The van der Waals surface area contributed by atoms with Gasteiger partial charge in [0.25, 0.3) is 0 Å². The molecule has 2 N–H and O–H groups in total. The van der Waals surface area contributed by atoms with E-state index in [1.165, 1.54) is 32.1 Å². The second-order valence-corrected chi connectivity index (χ2v) is 5.10. The Balaban J connectivity index is 1.98. The Morgan fingerprint density at radius 3 is 2.22 bits per heavy atom. The summed E-state index contributed by atoms with van der Waals surface area (Å²) in [6, 6.07) is 0. The Morgan fingerprint density at radius 1 is 1.00 bits per heavy atom. The molecule has 18 heavy (non-hydrogen) atoms. The Labute approximate surface area is 110 Å². The van der Waals surface area contributed by atoms with E-state index in [4.69, 9.17) is 0 Å². The van der Waals surface area contributed by atoms with Crippen LogP contribution < -0.4 is 10.6 Å². The van der Waals surface area contributed by atoms with Crippen molar-refractivity contribution in [1.29, 1.82) is 0 Å². The highest BCUT2D eigenvalue weighted by atomic mass is 16.2. The first kappa shape index (κ1) is 15.0. The van der Waals surface area contributed by atoms with Gasteiger partial charge in [-0.1, -0.05) is 39.0 Å². The fourth-order valence-electron chi connectivity index (χ4n) is 2.43. The summed E-state index contributed by atoms with van der Waals surface area (Å²) in [5.74, 6) is 0.905. The molecule has 0 unspecified atom stereocenters. The Hall–Kier alpha value is -1.06. The van der Waals surface area contributed by atoms with Crippen molar-refractivity contribution in [1.82, 2.24) is 10.6 Å². The molecule has 104 valence electrons. The molecule has 0 radical (unpaired) electrons. The third-order valence-corrected chi connectivity index (χ3v) is 3.59. The van der Waals surface area contributed by atoms with E-state index in [1.807, 2.05) is 6.92 Å². The highest BCUT2D eigenvalue weighted by Gasteiger charge is 2.14. The van der Waals surface area contributed by atoms with Crippen LogP contribution in [-0.4, -0.2) is 24.9 Å². The van der Waals surface area contributed by atoms with Crippen LogP contribution in [0.1, 0.15) is 58.3 Å². The van der Waals surface area contributed by atoms with E-state index >= 15 is 0 Å². The zero-order chi connectivity index (χ0) is 13.2. The molecule has 0 saturated heterocycles.